The topological polar surface area (TPSA) is 94.1 Å². The number of rotatable bonds is 2. The van der Waals surface area contributed by atoms with E-state index in [9.17, 15) is 3.89 Å². The maximum atomic E-state index is 12.7. The molecule has 0 atom stereocenters. The second-order valence-electron chi connectivity index (χ2n) is 3.81. The standard InChI is InChI=1S/C11H6FN5S.C2H3N.3C2H6/c12-18-17-2-1-9-10(15-6-16-11(9)17)7-3-8(4-13)14-5-7;1-2-3;3*1-2/h1-3,5-6,14H;1H3;3*1-2H3. The minimum atomic E-state index is 0.0848. The van der Waals surface area contributed by atoms with Crippen molar-refractivity contribution in [1.82, 2.24) is 18.9 Å². The molecule has 0 aliphatic heterocycles. The van der Waals surface area contributed by atoms with E-state index in [4.69, 9.17) is 10.5 Å². The molecule has 1 N–H and O–H groups in total. The van der Waals surface area contributed by atoms with Crippen molar-refractivity contribution < 1.29 is 3.89 Å². The number of aromatic nitrogens is 4. The Hall–Kier alpha value is -2.84. The molecule has 0 saturated heterocycles. The van der Waals surface area contributed by atoms with Gasteiger partial charge < -0.3 is 4.98 Å². The highest BCUT2D eigenvalue weighted by Crippen LogP contribution is 2.28. The molecule has 6 nitrogen and oxygen atoms in total. The summed E-state index contributed by atoms with van der Waals surface area (Å²) in [5.41, 5.74) is 2.41. The molecule has 0 spiro atoms. The van der Waals surface area contributed by atoms with Crippen molar-refractivity contribution in [3.63, 3.8) is 0 Å². The van der Waals surface area contributed by atoms with Gasteiger partial charge in [-0.2, -0.15) is 10.5 Å². The quantitative estimate of drug-likeness (QED) is 0.555. The van der Waals surface area contributed by atoms with Crippen LogP contribution in [0, 0.1) is 22.7 Å². The molecule has 27 heavy (non-hydrogen) atoms. The van der Waals surface area contributed by atoms with E-state index < -0.39 is 0 Å². The first-order chi connectivity index (χ1) is 13.2. The number of halogens is 1. The number of fused-ring (bicyclic) bond motifs is 1. The first-order valence-corrected chi connectivity index (χ1v) is 9.43. The monoisotopic (exact) mass is 390 g/mol. The summed E-state index contributed by atoms with van der Waals surface area (Å²) < 4.78 is 14.0. The lowest BCUT2D eigenvalue weighted by atomic mass is 10.1. The molecule has 3 aromatic heterocycles. The van der Waals surface area contributed by atoms with Crippen LogP contribution in [0.5, 0.6) is 0 Å². The van der Waals surface area contributed by atoms with Gasteiger partial charge in [0.05, 0.1) is 11.8 Å². The summed E-state index contributed by atoms with van der Waals surface area (Å²) in [6.45, 7) is 13.4. The average molecular weight is 391 g/mol. The average Bonchev–Trinajstić information content (AvgIpc) is 3.40. The zero-order valence-electron chi connectivity index (χ0n) is 16.9. The van der Waals surface area contributed by atoms with Gasteiger partial charge in [0.1, 0.15) is 18.1 Å². The summed E-state index contributed by atoms with van der Waals surface area (Å²) in [5.74, 6) is 0. The van der Waals surface area contributed by atoms with Crippen molar-refractivity contribution in [2.75, 3.05) is 0 Å². The molecule has 0 bridgehead atoms. The maximum Gasteiger partial charge on any atom is 0.171 e. The van der Waals surface area contributed by atoms with Crippen molar-refractivity contribution >= 4 is 23.4 Å². The molecule has 3 rings (SSSR count). The second-order valence-corrected chi connectivity index (χ2v) is 4.34. The molecule has 0 aliphatic carbocycles. The molecule has 0 unspecified atom stereocenters. The van der Waals surface area contributed by atoms with Gasteiger partial charge in [-0.3, -0.25) is 0 Å². The van der Waals surface area contributed by atoms with Gasteiger partial charge in [-0.25, -0.2) is 13.9 Å². The van der Waals surface area contributed by atoms with E-state index in [2.05, 4.69) is 15.0 Å². The van der Waals surface area contributed by atoms with Crippen LogP contribution in [0.4, 0.5) is 3.89 Å². The smallest absolute Gasteiger partial charge is 0.171 e. The van der Waals surface area contributed by atoms with E-state index in [-0.39, 0.29) is 12.3 Å². The highest BCUT2D eigenvalue weighted by molar-refractivity contribution is 7.92. The molecule has 0 saturated carbocycles. The first kappa shape index (κ1) is 26.4. The zero-order valence-corrected chi connectivity index (χ0v) is 17.7. The van der Waals surface area contributed by atoms with E-state index >= 15 is 0 Å². The number of nitriles is 2. The van der Waals surface area contributed by atoms with E-state index in [1.54, 1.807) is 30.6 Å². The number of hydrogen-bond donors (Lipinski definition) is 1. The molecule has 3 aromatic rings. The summed E-state index contributed by atoms with van der Waals surface area (Å²) in [7, 11) is 0. The molecule has 0 aromatic carbocycles. The number of nitrogens with one attached hydrogen (secondary N) is 1. The Balaban J connectivity index is 0. The Labute approximate surface area is 165 Å². The van der Waals surface area contributed by atoms with Gasteiger partial charge in [0, 0.05) is 30.3 Å². The van der Waals surface area contributed by atoms with Crippen LogP contribution in [-0.2, 0) is 0 Å². The Morgan fingerprint density at radius 1 is 1.11 bits per heavy atom. The highest BCUT2D eigenvalue weighted by Gasteiger charge is 2.11. The molecule has 146 valence electrons. The predicted molar refractivity (Wildman–Crippen MR) is 111 cm³/mol. The third-order valence-corrected chi connectivity index (χ3v) is 3.04. The SMILES string of the molecule is CC.CC.CC.CC#N.N#Cc1cc(-c2ncnc3c2ccn3SF)c[nH]1. The van der Waals surface area contributed by atoms with Gasteiger partial charge in [0.2, 0.25) is 0 Å². The molecular weight excluding hydrogens is 363 g/mol. The largest absolute Gasteiger partial charge is 0.352 e. The fourth-order valence-corrected chi connectivity index (χ4v) is 2.13. The van der Waals surface area contributed by atoms with Gasteiger partial charge in [-0.1, -0.05) is 41.5 Å². The van der Waals surface area contributed by atoms with Crippen molar-refractivity contribution in [3.05, 3.63) is 36.5 Å². The third-order valence-electron chi connectivity index (χ3n) is 2.60. The predicted octanol–water partition coefficient (Wildman–Crippen LogP) is 6.29. The van der Waals surface area contributed by atoms with Gasteiger partial charge in [0.25, 0.3) is 0 Å². The number of H-pyrrole nitrogens is 1. The van der Waals surface area contributed by atoms with Crippen LogP contribution in [0.2, 0.25) is 0 Å². The Kier molecular flexibility index (Phi) is 16.2. The molecule has 0 fully saturated rings. The van der Waals surface area contributed by atoms with E-state index in [1.807, 2.05) is 47.6 Å². The zero-order chi connectivity index (χ0) is 21.2. The Bertz CT molecular complexity index is 842. The van der Waals surface area contributed by atoms with E-state index in [0.29, 0.717) is 17.0 Å². The first-order valence-electron chi connectivity index (χ1n) is 8.76. The number of aromatic amines is 1. The van der Waals surface area contributed by atoms with Crippen molar-refractivity contribution in [1.29, 1.82) is 10.5 Å². The Morgan fingerprint density at radius 3 is 2.19 bits per heavy atom. The number of hydrogen-bond acceptors (Lipinski definition) is 5. The summed E-state index contributed by atoms with van der Waals surface area (Å²) in [6, 6.07) is 7.21. The van der Waals surface area contributed by atoms with Crippen molar-refractivity contribution in [2.24, 2.45) is 0 Å². The lowest BCUT2D eigenvalue weighted by Crippen LogP contribution is -1.88. The van der Waals surface area contributed by atoms with E-state index in [0.717, 1.165) is 10.9 Å². The third kappa shape index (κ3) is 7.51. The van der Waals surface area contributed by atoms with Gasteiger partial charge in [0.15, 0.2) is 18.0 Å². The molecular formula is C19H27FN6S. The van der Waals surface area contributed by atoms with Crippen LogP contribution >= 0.6 is 12.3 Å². The van der Waals surface area contributed by atoms with Crippen LogP contribution < -0.4 is 0 Å². The van der Waals surface area contributed by atoms with E-state index in [1.165, 1.54) is 17.2 Å². The van der Waals surface area contributed by atoms with Crippen LogP contribution in [0.15, 0.2) is 30.9 Å². The normalized spacial score (nSPS) is 8.07. The maximum absolute atomic E-state index is 12.7. The summed E-state index contributed by atoms with van der Waals surface area (Å²) in [5, 5.41) is 16.8. The fourth-order valence-electron chi connectivity index (χ4n) is 1.81. The molecule has 8 heteroatoms. The van der Waals surface area contributed by atoms with Crippen LogP contribution in [0.3, 0.4) is 0 Å². The Morgan fingerprint density at radius 2 is 1.70 bits per heavy atom. The lowest BCUT2D eigenvalue weighted by molar-refractivity contribution is 0.919. The fraction of sp³-hybridized carbons (Fsp3) is 0.368. The van der Waals surface area contributed by atoms with Gasteiger partial charge >= 0.3 is 0 Å². The van der Waals surface area contributed by atoms with Crippen molar-refractivity contribution in [2.45, 2.75) is 48.5 Å². The second kappa shape index (κ2) is 16.6. The van der Waals surface area contributed by atoms with Crippen molar-refractivity contribution in [3.8, 4) is 23.4 Å². The summed E-state index contributed by atoms with van der Waals surface area (Å²) in [6.07, 6.45) is 4.66. The number of nitrogens with zero attached hydrogens (tertiary/aromatic N) is 5. The minimum absolute atomic E-state index is 0.0848. The highest BCUT2D eigenvalue weighted by atomic mass is 32.2. The minimum Gasteiger partial charge on any atom is -0.352 e. The molecule has 0 amide bonds. The van der Waals surface area contributed by atoms with Gasteiger partial charge in [-0.15, -0.1) is 3.89 Å². The summed E-state index contributed by atoms with van der Waals surface area (Å²) in [4.78, 5) is 11.1. The van der Waals surface area contributed by atoms with Gasteiger partial charge in [-0.05, 0) is 12.1 Å². The van der Waals surface area contributed by atoms with Crippen LogP contribution in [-0.4, -0.2) is 18.9 Å². The summed E-state index contributed by atoms with van der Waals surface area (Å²) >= 11 is 0.0848. The lowest BCUT2D eigenvalue weighted by Gasteiger charge is -1.99. The molecule has 0 aliphatic rings. The van der Waals surface area contributed by atoms with Crippen LogP contribution in [0.25, 0.3) is 22.3 Å². The molecule has 0 radical (unpaired) electrons. The van der Waals surface area contributed by atoms with Crippen LogP contribution in [0.1, 0.15) is 54.2 Å². The molecule has 3 heterocycles.